The summed E-state index contributed by atoms with van der Waals surface area (Å²) in [5, 5.41) is 3.73. The Morgan fingerprint density at radius 2 is 2.00 bits per heavy atom. The lowest BCUT2D eigenvalue weighted by atomic mass is 10.1. The van der Waals surface area contributed by atoms with Crippen molar-refractivity contribution in [2.45, 2.75) is 24.8 Å². The lowest BCUT2D eigenvalue weighted by Gasteiger charge is -2.23. The summed E-state index contributed by atoms with van der Waals surface area (Å²) in [5.41, 5.74) is 0.611. The van der Waals surface area contributed by atoms with Crippen molar-refractivity contribution in [3.63, 3.8) is 0 Å². The van der Waals surface area contributed by atoms with Crippen LogP contribution in [-0.2, 0) is 14.6 Å². The first-order chi connectivity index (χ1) is 8.75. The van der Waals surface area contributed by atoms with Crippen molar-refractivity contribution >= 4 is 27.1 Å². The van der Waals surface area contributed by atoms with E-state index >= 15 is 0 Å². The van der Waals surface area contributed by atoms with Gasteiger partial charge in [-0.3, -0.25) is 0 Å². The third-order valence-electron chi connectivity index (χ3n) is 2.86. The second kappa shape index (κ2) is 6.59. The fourth-order valence-corrected chi connectivity index (χ4v) is 2.44. The summed E-state index contributed by atoms with van der Waals surface area (Å²) in [6.07, 6.45) is 1.18. The molecule has 0 amide bonds. The molecule has 1 rings (SSSR count). The van der Waals surface area contributed by atoms with Gasteiger partial charge in [0.2, 0.25) is 0 Å². The van der Waals surface area contributed by atoms with Crippen molar-refractivity contribution in [2.75, 3.05) is 25.3 Å². The van der Waals surface area contributed by atoms with Gasteiger partial charge in [0.25, 0.3) is 0 Å². The van der Waals surface area contributed by atoms with Crippen molar-refractivity contribution in [2.24, 2.45) is 5.92 Å². The Labute approximate surface area is 120 Å². The minimum atomic E-state index is -3.24. The quantitative estimate of drug-likeness (QED) is 0.878. The fraction of sp³-hybridized carbons (Fsp3) is 0.538. The second-order valence-electron chi connectivity index (χ2n) is 4.86. The zero-order valence-corrected chi connectivity index (χ0v) is 13.2. The molecule has 19 heavy (non-hydrogen) atoms. The number of methoxy groups -OCH3 is 1. The van der Waals surface area contributed by atoms with Crippen LogP contribution in [0.4, 0.5) is 5.69 Å². The molecule has 0 aliphatic heterocycles. The van der Waals surface area contributed by atoms with Gasteiger partial charge in [0, 0.05) is 13.4 Å². The van der Waals surface area contributed by atoms with Gasteiger partial charge < -0.3 is 10.1 Å². The summed E-state index contributed by atoms with van der Waals surface area (Å²) >= 11 is 6.10. The molecule has 1 unspecified atom stereocenters. The SMILES string of the molecule is COCC(Nc1cc(S(C)(=O)=O)ccc1Cl)C(C)C. The van der Waals surface area contributed by atoms with Gasteiger partial charge >= 0.3 is 0 Å². The number of hydrogen-bond acceptors (Lipinski definition) is 4. The lowest BCUT2D eigenvalue weighted by molar-refractivity contribution is 0.171. The molecule has 108 valence electrons. The summed E-state index contributed by atoms with van der Waals surface area (Å²) in [5.74, 6) is 0.331. The maximum absolute atomic E-state index is 11.5. The highest BCUT2D eigenvalue weighted by molar-refractivity contribution is 7.90. The second-order valence-corrected chi connectivity index (χ2v) is 7.29. The molecule has 6 heteroatoms. The van der Waals surface area contributed by atoms with Gasteiger partial charge in [-0.15, -0.1) is 0 Å². The molecule has 0 aliphatic carbocycles. The van der Waals surface area contributed by atoms with Crippen molar-refractivity contribution in [1.82, 2.24) is 0 Å². The molecule has 1 atom stereocenters. The number of anilines is 1. The Morgan fingerprint density at radius 1 is 1.37 bits per heavy atom. The number of ether oxygens (including phenoxy) is 1. The number of nitrogens with one attached hydrogen (secondary N) is 1. The Balaban J connectivity index is 3.05. The molecule has 1 aromatic rings. The summed E-state index contributed by atoms with van der Waals surface area (Å²) in [6, 6.07) is 4.72. The Hall–Kier alpha value is -0.780. The van der Waals surface area contributed by atoms with E-state index in [9.17, 15) is 8.42 Å². The molecule has 4 nitrogen and oxygen atoms in total. The van der Waals surface area contributed by atoms with Gasteiger partial charge in [-0.05, 0) is 24.1 Å². The number of rotatable bonds is 6. The van der Waals surface area contributed by atoms with Crippen LogP contribution in [0.5, 0.6) is 0 Å². The highest BCUT2D eigenvalue weighted by atomic mass is 35.5. The smallest absolute Gasteiger partial charge is 0.175 e. The van der Waals surface area contributed by atoms with Gasteiger partial charge in [0.05, 0.1) is 28.3 Å². The van der Waals surface area contributed by atoms with Gasteiger partial charge in [-0.25, -0.2) is 8.42 Å². The topological polar surface area (TPSA) is 55.4 Å². The predicted octanol–water partition coefficient (Wildman–Crippen LogP) is 2.83. The molecule has 0 spiro atoms. The molecule has 0 fully saturated rings. The summed E-state index contributed by atoms with van der Waals surface area (Å²) in [6.45, 7) is 4.65. The minimum absolute atomic E-state index is 0.0670. The van der Waals surface area contributed by atoms with Gasteiger partial charge in [-0.2, -0.15) is 0 Å². The summed E-state index contributed by atoms with van der Waals surface area (Å²) in [4.78, 5) is 0.249. The van der Waals surface area contributed by atoms with Crippen LogP contribution in [0.25, 0.3) is 0 Å². The Bertz CT molecular complexity index is 529. The average molecular weight is 306 g/mol. The molecular formula is C13H20ClNO3S. The van der Waals surface area contributed by atoms with E-state index < -0.39 is 9.84 Å². The van der Waals surface area contributed by atoms with Crippen LogP contribution in [0, 0.1) is 5.92 Å². The summed E-state index contributed by atoms with van der Waals surface area (Å²) in [7, 11) is -1.61. The zero-order chi connectivity index (χ0) is 14.6. The van der Waals surface area contributed by atoms with E-state index in [1.807, 2.05) is 0 Å². The molecule has 0 saturated carbocycles. The molecule has 0 bridgehead atoms. The maximum atomic E-state index is 11.5. The van der Waals surface area contributed by atoms with Crippen LogP contribution in [0.2, 0.25) is 5.02 Å². The number of benzene rings is 1. The molecular weight excluding hydrogens is 286 g/mol. The van der Waals surface area contributed by atoms with Gasteiger partial charge in [-0.1, -0.05) is 25.4 Å². The zero-order valence-electron chi connectivity index (χ0n) is 11.6. The summed E-state index contributed by atoms with van der Waals surface area (Å²) < 4.78 is 28.2. The van der Waals surface area contributed by atoms with E-state index in [4.69, 9.17) is 16.3 Å². The van der Waals surface area contributed by atoms with E-state index in [0.29, 0.717) is 23.2 Å². The van der Waals surface area contributed by atoms with Crippen molar-refractivity contribution in [1.29, 1.82) is 0 Å². The molecule has 0 radical (unpaired) electrons. The average Bonchev–Trinajstić information content (AvgIpc) is 2.29. The standard InChI is InChI=1S/C13H20ClNO3S/c1-9(2)13(8-18-3)15-12-7-10(19(4,16)17)5-6-11(12)14/h5-7,9,13,15H,8H2,1-4H3. The highest BCUT2D eigenvalue weighted by Gasteiger charge is 2.16. The molecule has 0 aliphatic rings. The van der Waals surface area contributed by atoms with Crippen LogP contribution in [0.3, 0.4) is 0 Å². The number of hydrogen-bond donors (Lipinski definition) is 1. The van der Waals surface area contributed by atoms with Crippen molar-refractivity contribution in [3.05, 3.63) is 23.2 Å². The van der Waals surface area contributed by atoms with Crippen molar-refractivity contribution < 1.29 is 13.2 Å². The third-order valence-corrected chi connectivity index (χ3v) is 4.30. The number of halogens is 1. The van der Waals surface area contributed by atoms with Gasteiger partial charge in [0.1, 0.15) is 0 Å². The molecule has 0 saturated heterocycles. The Kier molecular flexibility index (Phi) is 5.64. The molecule has 1 aromatic carbocycles. The lowest BCUT2D eigenvalue weighted by Crippen LogP contribution is -2.30. The normalized spacial score (nSPS) is 13.6. The monoisotopic (exact) mass is 305 g/mol. The molecule has 0 aromatic heterocycles. The van der Waals surface area contributed by atoms with E-state index in [2.05, 4.69) is 19.2 Å². The van der Waals surface area contributed by atoms with Crippen molar-refractivity contribution in [3.8, 4) is 0 Å². The molecule has 0 heterocycles. The largest absolute Gasteiger partial charge is 0.383 e. The van der Waals surface area contributed by atoms with Crippen LogP contribution in [0.15, 0.2) is 23.1 Å². The van der Waals surface area contributed by atoms with E-state index in [-0.39, 0.29) is 10.9 Å². The van der Waals surface area contributed by atoms with Crippen LogP contribution < -0.4 is 5.32 Å². The first-order valence-corrected chi connectivity index (χ1v) is 8.27. The van der Waals surface area contributed by atoms with E-state index in [1.165, 1.54) is 12.3 Å². The van der Waals surface area contributed by atoms with E-state index in [1.54, 1.807) is 19.2 Å². The first kappa shape index (κ1) is 16.3. The number of sulfone groups is 1. The van der Waals surface area contributed by atoms with Gasteiger partial charge in [0.15, 0.2) is 9.84 Å². The van der Waals surface area contributed by atoms with Crippen LogP contribution in [-0.4, -0.2) is 34.4 Å². The van der Waals surface area contributed by atoms with Crippen LogP contribution >= 0.6 is 11.6 Å². The molecule has 1 N–H and O–H groups in total. The van der Waals surface area contributed by atoms with Crippen LogP contribution in [0.1, 0.15) is 13.8 Å². The fourth-order valence-electron chi connectivity index (χ4n) is 1.63. The van der Waals surface area contributed by atoms with E-state index in [0.717, 1.165) is 0 Å². The highest BCUT2D eigenvalue weighted by Crippen LogP contribution is 2.26. The Morgan fingerprint density at radius 3 is 2.47 bits per heavy atom. The minimum Gasteiger partial charge on any atom is -0.383 e. The maximum Gasteiger partial charge on any atom is 0.175 e. The third kappa shape index (κ3) is 4.67. The first-order valence-electron chi connectivity index (χ1n) is 6.00. The predicted molar refractivity (Wildman–Crippen MR) is 78.7 cm³/mol.